The van der Waals surface area contributed by atoms with Gasteiger partial charge in [0.05, 0.1) is 6.54 Å². The molecule has 0 saturated carbocycles. The molecule has 0 aromatic heterocycles. The molecule has 2 aliphatic heterocycles. The summed E-state index contributed by atoms with van der Waals surface area (Å²) in [6.07, 6.45) is 2.46. The largest absolute Gasteiger partial charge is 0.342 e. The van der Waals surface area contributed by atoms with Gasteiger partial charge in [-0.2, -0.15) is 0 Å². The third-order valence-electron chi connectivity index (χ3n) is 5.83. The number of benzene rings is 2. The third-order valence-corrected chi connectivity index (χ3v) is 5.83. The number of para-hydroxylation sites is 1. The summed E-state index contributed by atoms with van der Waals surface area (Å²) in [5.41, 5.74) is 3.56. The lowest BCUT2D eigenvalue weighted by Gasteiger charge is -2.34. The molecule has 5 nitrogen and oxygen atoms in total. The average molecular weight is 377 g/mol. The number of nitrogens with one attached hydrogen (secondary N) is 1. The number of hydrogen-bond donors (Lipinski definition) is 1. The zero-order valence-electron chi connectivity index (χ0n) is 16.1. The Morgan fingerprint density at radius 3 is 2.32 bits per heavy atom. The van der Waals surface area contributed by atoms with Crippen molar-refractivity contribution in [1.82, 2.24) is 9.80 Å². The van der Waals surface area contributed by atoms with E-state index < -0.39 is 0 Å². The number of rotatable bonds is 4. The molecular formula is C23H27N3O2. The Labute approximate surface area is 166 Å². The minimum absolute atomic E-state index is 0.0221. The number of carbonyl (C=O) groups is 2. The molecule has 146 valence electrons. The number of hydrogen-bond acceptors (Lipinski definition) is 3. The highest BCUT2D eigenvalue weighted by atomic mass is 16.2. The van der Waals surface area contributed by atoms with Gasteiger partial charge in [-0.05, 0) is 42.5 Å². The van der Waals surface area contributed by atoms with E-state index in [0.29, 0.717) is 19.6 Å². The van der Waals surface area contributed by atoms with Crippen molar-refractivity contribution >= 4 is 17.5 Å². The van der Waals surface area contributed by atoms with E-state index in [9.17, 15) is 9.59 Å². The second kappa shape index (κ2) is 8.57. The van der Waals surface area contributed by atoms with Gasteiger partial charge >= 0.3 is 0 Å². The minimum Gasteiger partial charge on any atom is -0.342 e. The number of fused-ring (bicyclic) bond motifs is 1. The molecule has 0 radical (unpaired) electrons. The zero-order chi connectivity index (χ0) is 19.3. The lowest BCUT2D eigenvalue weighted by Crippen LogP contribution is -2.46. The summed E-state index contributed by atoms with van der Waals surface area (Å²) in [7, 11) is 0. The van der Waals surface area contributed by atoms with Gasteiger partial charge in [-0.25, -0.2) is 0 Å². The molecule has 2 aromatic carbocycles. The van der Waals surface area contributed by atoms with Gasteiger partial charge in [0.25, 0.3) is 0 Å². The number of amides is 2. The lowest BCUT2D eigenvalue weighted by atomic mass is 9.95. The highest BCUT2D eigenvalue weighted by molar-refractivity contribution is 5.92. The predicted octanol–water partition coefficient (Wildman–Crippen LogP) is 2.92. The predicted molar refractivity (Wildman–Crippen MR) is 110 cm³/mol. The Morgan fingerprint density at radius 1 is 0.893 bits per heavy atom. The van der Waals surface area contributed by atoms with Crippen LogP contribution in [-0.2, 0) is 22.6 Å². The number of carbonyl (C=O) groups excluding carboxylic acids is 2. The standard InChI is InChI=1S/C23H27N3O2/c27-22(17-25-13-10-18-6-4-5-7-20(18)16-25)26-14-11-19(12-15-26)23(28)24-21-8-2-1-3-9-21/h1-9,19H,10-17H2,(H,24,28). The third kappa shape index (κ3) is 4.42. The molecule has 0 aliphatic carbocycles. The summed E-state index contributed by atoms with van der Waals surface area (Å²) in [6, 6.07) is 18.0. The van der Waals surface area contributed by atoms with Crippen LogP contribution in [-0.4, -0.2) is 47.8 Å². The van der Waals surface area contributed by atoms with Crippen LogP contribution in [0.5, 0.6) is 0 Å². The van der Waals surface area contributed by atoms with Crippen LogP contribution in [0.25, 0.3) is 0 Å². The molecule has 5 heteroatoms. The molecule has 2 aliphatic rings. The number of nitrogens with zero attached hydrogens (tertiary/aromatic N) is 2. The van der Waals surface area contributed by atoms with Crippen LogP contribution in [0.2, 0.25) is 0 Å². The fourth-order valence-corrected chi connectivity index (χ4v) is 4.14. The van der Waals surface area contributed by atoms with Crippen molar-refractivity contribution in [1.29, 1.82) is 0 Å². The summed E-state index contributed by atoms with van der Waals surface area (Å²) in [5.74, 6) is 0.221. The molecule has 0 spiro atoms. The molecule has 0 atom stereocenters. The van der Waals surface area contributed by atoms with Crippen molar-refractivity contribution in [3.05, 3.63) is 65.7 Å². The Kier molecular flexibility index (Phi) is 5.72. The molecule has 1 saturated heterocycles. The number of piperidine rings is 1. The fraction of sp³-hybridized carbons (Fsp3) is 0.391. The Balaban J connectivity index is 1.25. The summed E-state index contributed by atoms with van der Waals surface area (Å²) in [5, 5.41) is 2.98. The van der Waals surface area contributed by atoms with E-state index in [4.69, 9.17) is 0 Å². The van der Waals surface area contributed by atoms with Crippen LogP contribution in [0.4, 0.5) is 5.69 Å². The fourth-order valence-electron chi connectivity index (χ4n) is 4.14. The quantitative estimate of drug-likeness (QED) is 0.891. The normalized spacial score (nSPS) is 17.8. The van der Waals surface area contributed by atoms with Crippen LogP contribution >= 0.6 is 0 Å². The first-order chi connectivity index (χ1) is 13.7. The van der Waals surface area contributed by atoms with Crippen LogP contribution in [0.3, 0.4) is 0 Å². The molecule has 1 N–H and O–H groups in total. The van der Waals surface area contributed by atoms with E-state index in [2.05, 4.69) is 34.5 Å². The molecule has 0 bridgehead atoms. The molecule has 4 rings (SSSR count). The Hall–Kier alpha value is -2.66. The summed E-state index contributed by atoms with van der Waals surface area (Å²) in [4.78, 5) is 29.3. The van der Waals surface area contributed by atoms with Gasteiger partial charge in [-0.15, -0.1) is 0 Å². The number of anilines is 1. The monoisotopic (exact) mass is 377 g/mol. The number of likely N-dealkylation sites (tertiary alicyclic amines) is 1. The second-order valence-corrected chi connectivity index (χ2v) is 7.74. The van der Waals surface area contributed by atoms with Crippen LogP contribution in [0.15, 0.2) is 54.6 Å². The van der Waals surface area contributed by atoms with Crippen molar-refractivity contribution in [2.24, 2.45) is 5.92 Å². The SMILES string of the molecule is O=C(Nc1ccccc1)C1CCN(C(=O)CN2CCc3ccccc3C2)CC1. The first kappa shape index (κ1) is 18.7. The van der Waals surface area contributed by atoms with Gasteiger partial charge in [-0.3, -0.25) is 14.5 Å². The Bertz CT molecular complexity index is 829. The Morgan fingerprint density at radius 2 is 1.57 bits per heavy atom. The maximum absolute atomic E-state index is 12.7. The van der Waals surface area contributed by atoms with E-state index >= 15 is 0 Å². The second-order valence-electron chi connectivity index (χ2n) is 7.74. The van der Waals surface area contributed by atoms with Gasteiger partial charge in [0, 0.05) is 37.8 Å². The molecule has 0 unspecified atom stereocenters. The van der Waals surface area contributed by atoms with E-state index in [0.717, 1.165) is 38.0 Å². The molecule has 28 heavy (non-hydrogen) atoms. The highest BCUT2D eigenvalue weighted by Crippen LogP contribution is 2.21. The molecular weight excluding hydrogens is 350 g/mol. The first-order valence-corrected chi connectivity index (χ1v) is 10.1. The molecule has 2 heterocycles. The van der Waals surface area contributed by atoms with Crippen molar-refractivity contribution in [3.63, 3.8) is 0 Å². The summed E-state index contributed by atoms with van der Waals surface area (Å²) < 4.78 is 0. The highest BCUT2D eigenvalue weighted by Gasteiger charge is 2.28. The lowest BCUT2D eigenvalue weighted by molar-refractivity contribution is -0.135. The minimum atomic E-state index is -0.0221. The first-order valence-electron chi connectivity index (χ1n) is 10.1. The van der Waals surface area contributed by atoms with Gasteiger partial charge in [-0.1, -0.05) is 42.5 Å². The van der Waals surface area contributed by atoms with Crippen molar-refractivity contribution in [2.75, 3.05) is 31.5 Å². The maximum atomic E-state index is 12.7. The van der Waals surface area contributed by atoms with Crippen molar-refractivity contribution in [3.8, 4) is 0 Å². The molecule has 2 aromatic rings. The van der Waals surface area contributed by atoms with E-state index in [-0.39, 0.29) is 17.7 Å². The van der Waals surface area contributed by atoms with E-state index in [1.165, 1.54) is 11.1 Å². The topological polar surface area (TPSA) is 52.7 Å². The molecule has 1 fully saturated rings. The smallest absolute Gasteiger partial charge is 0.236 e. The van der Waals surface area contributed by atoms with Crippen LogP contribution in [0, 0.1) is 5.92 Å². The van der Waals surface area contributed by atoms with E-state index in [1.807, 2.05) is 35.2 Å². The van der Waals surface area contributed by atoms with Crippen LogP contribution < -0.4 is 5.32 Å². The van der Waals surface area contributed by atoms with Crippen molar-refractivity contribution in [2.45, 2.75) is 25.8 Å². The van der Waals surface area contributed by atoms with Gasteiger partial charge in [0.1, 0.15) is 0 Å². The van der Waals surface area contributed by atoms with Gasteiger partial charge < -0.3 is 10.2 Å². The average Bonchev–Trinajstić information content (AvgIpc) is 2.74. The summed E-state index contributed by atoms with van der Waals surface area (Å²) in [6.45, 7) is 3.57. The maximum Gasteiger partial charge on any atom is 0.236 e. The van der Waals surface area contributed by atoms with E-state index in [1.54, 1.807) is 0 Å². The summed E-state index contributed by atoms with van der Waals surface area (Å²) >= 11 is 0. The van der Waals surface area contributed by atoms with Crippen LogP contribution in [0.1, 0.15) is 24.0 Å². The zero-order valence-corrected chi connectivity index (χ0v) is 16.1. The molecule has 2 amide bonds. The van der Waals surface area contributed by atoms with Crippen molar-refractivity contribution < 1.29 is 9.59 Å². The van der Waals surface area contributed by atoms with Gasteiger partial charge in [0.15, 0.2) is 0 Å². The van der Waals surface area contributed by atoms with Gasteiger partial charge in [0.2, 0.25) is 11.8 Å².